The van der Waals surface area contributed by atoms with Gasteiger partial charge in [-0.05, 0) is 25.1 Å². The van der Waals surface area contributed by atoms with Crippen molar-refractivity contribution < 1.29 is 8.42 Å². The Bertz CT molecular complexity index is 432. The van der Waals surface area contributed by atoms with E-state index in [9.17, 15) is 8.42 Å². The summed E-state index contributed by atoms with van der Waals surface area (Å²) >= 11 is 0. The summed E-state index contributed by atoms with van der Waals surface area (Å²) in [6.07, 6.45) is 0.862. The molecule has 18 heavy (non-hydrogen) atoms. The van der Waals surface area contributed by atoms with Crippen molar-refractivity contribution in [1.82, 2.24) is 0 Å². The van der Waals surface area contributed by atoms with Crippen molar-refractivity contribution in [1.29, 1.82) is 0 Å². The molecule has 1 aromatic carbocycles. The Hall–Kier alpha value is -1.07. The molecule has 102 valence electrons. The number of para-hydroxylation sites is 1. The summed E-state index contributed by atoms with van der Waals surface area (Å²) in [7, 11) is -2.92. The van der Waals surface area contributed by atoms with Gasteiger partial charge in [-0.1, -0.05) is 25.1 Å². The molecule has 0 spiro atoms. The van der Waals surface area contributed by atoms with Crippen LogP contribution in [0.1, 0.15) is 13.3 Å². The molecule has 0 saturated heterocycles. The van der Waals surface area contributed by atoms with Crippen molar-refractivity contribution in [2.24, 2.45) is 5.73 Å². The largest absolute Gasteiger partial charge is 0.370 e. The van der Waals surface area contributed by atoms with Crippen molar-refractivity contribution in [3.63, 3.8) is 0 Å². The number of sulfone groups is 1. The van der Waals surface area contributed by atoms with Gasteiger partial charge >= 0.3 is 0 Å². The van der Waals surface area contributed by atoms with Crippen LogP contribution in [0.2, 0.25) is 0 Å². The second-order valence-electron chi connectivity index (χ2n) is 4.20. The van der Waals surface area contributed by atoms with Gasteiger partial charge in [-0.15, -0.1) is 0 Å². The molecule has 0 aliphatic rings. The van der Waals surface area contributed by atoms with Gasteiger partial charge in [-0.25, -0.2) is 8.42 Å². The maximum Gasteiger partial charge on any atom is 0.151 e. The van der Waals surface area contributed by atoms with Gasteiger partial charge in [0, 0.05) is 24.5 Å². The summed E-state index contributed by atoms with van der Waals surface area (Å²) in [5.41, 5.74) is 6.57. The van der Waals surface area contributed by atoms with Crippen LogP contribution in [-0.2, 0) is 9.84 Å². The topological polar surface area (TPSA) is 63.4 Å². The molecule has 0 aliphatic carbocycles. The Balaban J connectivity index is 2.68. The number of rotatable bonds is 8. The standard InChI is InChI=1S/C13H22N2O2S/c1-2-18(16,17)12-11-15(10-6-9-14)13-7-4-3-5-8-13/h3-5,7-8H,2,6,9-12,14H2,1H3. The third-order valence-corrected chi connectivity index (χ3v) is 4.55. The summed E-state index contributed by atoms with van der Waals surface area (Å²) in [5.74, 6) is 0.398. The second-order valence-corrected chi connectivity index (χ2v) is 6.67. The fourth-order valence-corrected chi connectivity index (χ4v) is 2.47. The summed E-state index contributed by atoms with van der Waals surface area (Å²) in [5, 5.41) is 0. The molecule has 5 heteroatoms. The molecule has 0 heterocycles. The van der Waals surface area contributed by atoms with Crippen molar-refractivity contribution >= 4 is 15.5 Å². The molecule has 0 fully saturated rings. The highest BCUT2D eigenvalue weighted by Gasteiger charge is 2.12. The van der Waals surface area contributed by atoms with Gasteiger partial charge in [-0.3, -0.25) is 0 Å². The second kappa shape index (κ2) is 7.38. The number of hydrogen-bond acceptors (Lipinski definition) is 4. The first-order chi connectivity index (χ1) is 8.59. The Kier molecular flexibility index (Phi) is 6.15. The first-order valence-electron chi connectivity index (χ1n) is 6.29. The average molecular weight is 270 g/mol. The van der Waals surface area contributed by atoms with Crippen LogP contribution in [0.3, 0.4) is 0 Å². The van der Waals surface area contributed by atoms with E-state index in [0.29, 0.717) is 13.1 Å². The minimum atomic E-state index is -2.92. The van der Waals surface area contributed by atoms with Gasteiger partial charge in [0.15, 0.2) is 9.84 Å². The minimum Gasteiger partial charge on any atom is -0.370 e. The van der Waals surface area contributed by atoms with E-state index in [-0.39, 0.29) is 11.5 Å². The fourth-order valence-electron chi connectivity index (χ4n) is 1.68. The van der Waals surface area contributed by atoms with E-state index in [1.165, 1.54) is 0 Å². The highest BCUT2D eigenvalue weighted by atomic mass is 32.2. The molecular formula is C13H22N2O2S. The molecule has 0 aromatic heterocycles. The number of nitrogens with two attached hydrogens (primary N) is 1. The third kappa shape index (κ3) is 5.06. The van der Waals surface area contributed by atoms with E-state index in [2.05, 4.69) is 4.90 Å². The smallest absolute Gasteiger partial charge is 0.151 e. The van der Waals surface area contributed by atoms with Crippen LogP contribution >= 0.6 is 0 Å². The Morgan fingerprint density at radius 3 is 2.39 bits per heavy atom. The predicted octanol–water partition coefficient (Wildman–Crippen LogP) is 1.28. The van der Waals surface area contributed by atoms with E-state index in [0.717, 1.165) is 18.7 Å². The van der Waals surface area contributed by atoms with Gasteiger partial charge in [0.1, 0.15) is 0 Å². The molecule has 1 aromatic rings. The van der Waals surface area contributed by atoms with E-state index in [1.54, 1.807) is 6.92 Å². The lowest BCUT2D eigenvalue weighted by Gasteiger charge is -2.24. The molecule has 0 bridgehead atoms. The maximum absolute atomic E-state index is 11.6. The van der Waals surface area contributed by atoms with E-state index in [4.69, 9.17) is 5.73 Å². The van der Waals surface area contributed by atoms with Crippen LogP contribution in [0.4, 0.5) is 5.69 Å². The SMILES string of the molecule is CCS(=O)(=O)CCN(CCCN)c1ccccc1. The molecule has 0 amide bonds. The fraction of sp³-hybridized carbons (Fsp3) is 0.538. The highest BCUT2D eigenvalue weighted by Crippen LogP contribution is 2.13. The molecule has 1 rings (SSSR count). The van der Waals surface area contributed by atoms with E-state index >= 15 is 0 Å². The number of benzene rings is 1. The monoisotopic (exact) mass is 270 g/mol. The van der Waals surface area contributed by atoms with Crippen LogP contribution < -0.4 is 10.6 Å². The first-order valence-corrected chi connectivity index (χ1v) is 8.11. The predicted molar refractivity (Wildman–Crippen MR) is 76.7 cm³/mol. The van der Waals surface area contributed by atoms with Crippen LogP contribution in [-0.4, -0.2) is 39.6 Å². The van der Waals surface area contributed by atoms with Crippen molar-refractivity contribution in [3.8, 4) is 0 Å². The van der Waals surface area contributed by atoms with Crippen molar-refractivity contribution in [2.45, 2.75) is 13.3 Å². The van der Waals surface area contributed by atoms with E-state index < -0.39 is 9.84 Å². The van der Waals surface area contributed by atoms with Crippen molar-refractivity contribution in [3.05, 3.63) is 30.3 Å². The lowest BCUT2D eigenvalue weighted by atomic mass is 10.2. The minimum absolute atomic E-state index is 0.197. The summed E-state index contributed by atoms with van der Waals surface area (Å²) in [4.78, 5) is 2.08. The van der Waals surface area contributed by atoms with Gasteiger partial charge in [0.05, 0.1) is 5.75 Å². The number of hydrogen-bond donors (Lipinski definition) is 1. The Labute approximate surface area is 110 Å². The average Bonchev–Trinajstić information content (AvgIpc) is 2.40. The first kappa shape index (κ1) is 15.0. The molecule has 0 aliphatic heterocycles. The number of anilines is 1. The molecule has 2 N–H and O–H groups in total. The lowest BCUT2D eigenvalue weighted by molar-refractivity contribution is 0.595. The Morgan fingerprint density at radius 2 is 1.83 bits per heavy atom. The van der Waals surface area contributed by atoms with Gasteiger partial charge in [-0.2, -0.15) is 0 Å². The molecule has 4 nitrogen and oxygen atoms in total. The maximum atomic E-state index is 11.6. The zero-order valence-corrected chi connectivity index (χ0v) is 11.7. The zero-order valence-electron chi connectivity index (χ0n) is 10.9. The van der Waals surface area contributed by atoms with Crippen LogP contribution in [0.5, 0.6) is 0 Å². The van der Waals surface area contributed by atoms with Crippen molar-refractivity contribution in [2.75, 3.05) is 36.0 Å². The van der Waals surface area contributed by atoms with Crippen LogP contribution in [0.15, 0.2) is 30.3 Å². The van der Waals surface area contributed by atoms with Crippen LogP contribution in [0.25, 0.3) is 0 Å². The zero-order chi connectivity index (χ0) is 13.4. The summed E-state index contributed by atoms with van der Waals surface area (Å²) < 4.78 is 23.1. The highest BCUT2D eigenvalue weighted by molar-refractivity contribution is 7.91. The van der Waals surface area contributed by atoms with Gasteiger partial charge in [0.2, 0.25) is 0 Å². The lowest BCUT2D eigenvalue weighted by Crippen LogP contribution is -2.31. The summed E-state index contributed by atoms with van der Waals surface area (Å²) in [6.45, 7) is 3.62. The molecule has 0 radical (unpaired) electrons. The molecule has 0 atom stereocenters. The van der Waals surface area contributed by atoms with Gasteiger partial charge in [0.25, 0.3) is 0 Å². The number of nitrogens with zero attached hydrogens (tertiary/aromatic N) is 1. The molecule has 0 saturated carbocycles. The van der Waals surface area contributed by atoms with Crippen LogP contribution in [0, 0.1) is 0 Å². The summed E-state index contributed by atoms with van der Waals surface area (Å²) in [6, 6.07) is 9.86. The third-order valence-electron chi connectivity index (χ3n) is 2.87. The van der Waals surface area contributed by atoms with E-state index in [1.807, 2.05) is 30.3 Å². The molecular weight excluding hydrogens is 248 g/mol. The van der Waals surface area contributed by atoms with Gasteiger partial charge < -0.3 is 10.6 Å². The Morgan fingerprint density at radius 1 is 1.17 bits per heavy atom. The molecule has 0 unspecified atom stereocenters. The normalized spacial score (nSPS) is 11.4. The quantitative estimate of drug-likeness (QED) is 0.773.